The fourth-order valence-corrected chi connectivity index (χ4v) is 7.99. The van der Waals surface area contributed by atoms with E-state index in [1.165, 1.54) is 7.11 Å². The minimum atomic E-state index is -1.10. The van der Waals surface area contributed by atoms with Gasteiger partial charge in [-0.15, -0.1) is 0 Å². The van der Waals surface area contributed by atoms with Crippen LogP contribution in [-0.4, -0.2) is 153 Å². The van der Waals surface area contributed by atoms with Crippen LogP contribution in [-0.2, 0) is 42.7 Å². The zero-order valence-corrected chi connectivity index (χ0v) is 32.2. The van der Waals surface area contributed by atoms with Crippen molar-refractivity contribution in [3.8, 4) is 0 Å². The van der Waals surface area contributed by atoms with Crippen LogP contribution in [0.4, 0.5) is 0 Å². The number of esters is 1. The predicted octanol–water partition coefficient (Wildman–Crippen LogP) is 2.48. The van der Waals surface area contributed by atoms with E-state index < -0.39 is 78.0 Å². The van der Waals surface area contributed by atoms with Crippen LogP contribution in [0.1, 0.15) is 74.7 Å². The first-order chi connectivity index (χ1) is 22.8. The molecule has 13 nitrogen and oxygen atoms in total. The van der Waals surface area contributed by atoms with Crippen LogP contribution >= 0.6 is 0 Å². The molecule has 13 heteroatoms. The van der Waals surface area contributed by atoms with Gasteiger partial charge in [0, 0.05) is 57.5 Å². The quantitative estimate of drug-likeness (QED) is 0.375. The van der Waals surface area contributed by atoms with E-state index in [1.54, 1.807) is 27.9 Å². The molecule has 3 fully saturated rings. The molecule has 286 valence electrons. The Kier molecular flexibility index (Phi) is 15.1. The number of aliphatic hydroxyl groups excluding tert-OH is 2. The summed E-state index contributed by atoms with van der Waals surface area (Å²) in [7, 11) is 8.85. The molecule has 3 rings (SSSR count). The lowest BCUT2D eigenvalue weighted by atomic mass is 9.76. The van der Waals surface area contributed by atoms with Crippen molar-refractivity contribution >= 4 is 11.8 Å². The minimum absolute atomic E-state index is 0.0896. The van der Waals surface area contributed by atoms with E-state index in [9.17, 15) is 19.8 Å². The van der Waals surface area contributed by atoms with E-state index in [0.717, 1.165) is 0 Å². The second-order valence-electron chi connectivity index (χ2n) is 15.7. The molecule has 3 saturated heterocycles. The summed E-state index contributed by atoms with van der Waals surface area (Å²) in [4.78, 5) is 31.4. The first kappa shape index (κ1) is 42.2. The molecular weight excluding hydrogens is 636 g/mol. The maximum atomic E-state index is 13.7. The lowest BCUT2D eigenvalue weighted by molar-refractivity contribution is -0.319. The Bertz CT molecular complexity index is 1080. The van der Waals surface area contributed by atoms with Crippen LogP contribution in [0, 0.1) is 23.7 Å². The molecule has 49 heavy (non-hydrogen) atoms. The number of methoxy groups -OCH3 is 2. The van der Waals surface area contributed by atoms with E-state index in [2.05, 4.69) is 0 Å². The molecule has 0 bridgehead atoms. The van der Waals surface area contributed by atoms with Gasteiger partial charge in [-0.2, -0.15) is 0 Å². The number of ketones is 1. The molecule has 0 aliphatic carbocycles. The number of rotatable bonds is 7. The second-order valence-corrected chi connectivity index (χ2v) is 15.7. The molecule has 0 unspecified atom stereocenters. The number of likely N-dealkylation sites (N-methyl/N-ethyl adjacent to an activating group) is 2. The molecule has 3 aliphatic rings. The summed E-state index contributed by atoms with van der Waals surface area (Å²) in [5.74, 6) is -2.42. The molecule has 15 atom stereocenters. The molecule has 3 aliphatic heterocycles. The first-order valence-electron chi connectivity index (χ1n) is 17.9. The number of Topliss-reactive ketones (excluding diaryl/α,β-unsaturated/α-hetero) is 1. The Hall–Kier alpha value is -1.26. The summed E-state index contributed by atoms with van der Waals surface area (Å²) in [6.45, 7) is 16.0. The molecule has 0 saturated carbocycles. The molecule has 0 aromatic rings. The normalized spacial score (nSPS) is 45.8. The van der Waals surface area contributed by atoms with Gasteiger partial charge in [-0.3, -0.25) is 9.59 Å². The molecule has 0 spiro atoms. The third kappa shape index (κ3) is 10.00. The first-order valence-corrected chi connectivity index (χ1v) is 17.9. The lowest BCUT2D eigenvalue weighted by Gasteiger charge is -2.49. The number of carbonyl (C=O) groups excluding carboxylic acids is 2. The van der Waals surface area contributed by atoms with Gasteiger partial charge in [0.05, 0.1) is 41.5 Å². The van der Waals surface area contributed by atoms with E-state index in [-0.39, 0.29) is 36.9 Å². The smallest absolute Gasteiger partial charge is 0.311 e. The summed E-state index contributed by atoms with van der Waals surface area (Å²) in [6.07, 6.45) is -5.15. The van der Waals surface area contributed by atoms with Crippen LogP contribution in [0.25, 0.3) is 0 Å². The molecule has 3 heterocycles. The van der Waals surface area contributed by atoms with Crippen molar-refractivity contribution in [2.75, 3.05) is 55.1 Å². The number of carbonyl (C=O) groups is 2. The number of aliphatic hydroxyl groups is 2. The summed E-state index contributed by atoms with van der Waals surface area (Å²) in [5.41, 5.74) is -2.05. The highest BCUT2D eigenvalue weighted by molar-refractivity contribution is 5.83. The van der Waals surface area contributed by atoms with Crippen LogP contribution in [0.15, 0.2) is 0 Å². The molecular formula is C36H66N2O11. The van der Waals surface area contributed by atoms with Crippen molar-refractivity contribution in [3.63, 3.8) is 0 Å². The SMILES string of the molecule is CO[C@]1(C)C[C@H](O[C@H]2[C@H](C)[C@@H](O[C@@H]3O[C@H](C)C[C@H](N(C)C)[C@H]3O)[C@@](C)(OC)C[C@@H](C)C(=O)[C@H](C)CN(C)CCOC(=O)[C@@H]2C)O[C@@H](C)[C@@H]1O. The number of hydrogen-bond donors (Lipinski definition) is 2. The molecule has 2 N–H and O–H groups in total. The fourth-order valence-electron chi connectivity index (χ4n) is 7.99. The number of ether oxygens (including phenoxy) is 7. The van der Waals surface area contributed by atoms with Crippen LogP contribution in [0.2, 0.25) is 0 Å². The molecule has 0 aromatic carbocycles. The van der Waals surface area contributed by atoms with Gasteiger partial charge in [-0.1, -0.05) is 20.8 Å². The Morgan fingerprint density at radius 1 is 0.898 bits per heavy atom. The number of cyclic esters (lactones) is 1. The Balaban J connectivity index is 2.13. The zero-order valence-electron chi connectivity index (χ0n) is 32.2. The van der Waals surface area contributed by atoms with Crippen molar-refractivity contribution in [1.29, 1.82) is 0 Å². The van der Waals surface area contributed by atoms with Crippen molar-refractivity contribution in [1.82, 2.24) is 9.80 Å². The average molecular weight is 703 g/mol. The Labute approximate surface area is 294 Å². The van der Waals surface area contributed by atoms with Gasteiger partial charge >= 0.3 is 5.97 Å². The predicted molar refractivity (Wildman–Crippen MR) is 183 cm³/mol. The highest BCUT2D eigenvalue weighted by atomic mass is 16.7. The molecule has 0 radical (unpaired) electrons. The van der Waals surface area contributed by atoms with Gasteiger partial charge in [-0.25, -0.2) is 0 Å². The Morgan fingerprint density at radius 3 is 2.12 bits per heavy atom. The van der Waals surface area contributed by atoms with Gasteiger partial charge in [-0.05, 0) is 68.6 Å². The highest BCUT2D eigenvalue weighted by Crippen LogP contribution is 2.40. The van der Waals surface area contributed by atoms with Crippen molar-refractivity contribution in [2.24, 2.45) is 23.7 Å². The average Bonchev–Trinajstić information content (AvgIpc) is 3.04. The minimum Gasteiger partial charge on any atom is -0.464 e. The summed E-state index contributed by atoms with van der Waals surface area (Å²) >= 11 is 0. The van der Waals surface area contributed by atoms with Crippen molar-refractivity contribution < 1.29 is 53.0 Å². The van der Waals surface area contributed by atoms with Gasteiger partial charge in [0.1, 0.15) is 24.6 Å². The summed E-state index contributed by atoms with van der Waals surface area (Å²) < 4.78 is 43.8. The standard InChI is InChI=1S/C36H66N2O11/c1-20-17-36(8,44-13)32(49-34-29(40)26(37(9)10)16-22(3)46-34)23(4)30(48-27-18-35(7,43-12)31(41)25(6)47-27)24(5)33(42)45-15-14-38(11)19-21(2)28(20)39/h20-27,29-32,34,40-41H,14-19H2,1-13H3/t20-,21-,22-,23+,24-,25+,26+,27+,29-,30+,31+,32-,34+,35-,36+/m1/s1. The maximum Gasteiger partial charge on any atom is 0.311 e. The largest absolute Gasteiger partial charge is 0.464 e. The number of nitrogens with zero attached hydrogens (tertiary/aromatic N) is 2. The molecule has 0 amide bonds. The van der Waals surface area contributed by atoms with Crippen LogP contribution in [0.5, 0.6) is 0 Å². The van der Waals surface area contributed by atoms with Gasteiger partial charge in [0.15, 0.2) is 12.6 Å². The van der Waals surface area contributed by atoms with E-state index >= 15 is 0 Å². The lowest BCUT2D eigenvalue weighted by Crippen LogP contribution is -2.60. The van der Waals surface area contributed by atoms with Crippen molar-refractivity contribution in [3.05, 3.63) is 0 Å². The Morgan fingerprint density at radius 2 is 1.53 bits per heavy atom. The third-order valence-electron chi connectivity index (χ3n) is 11.3. The fraction of sp³-hybridized carbons (Fsp3) is 0.944. The van der Waals surface area contributed by atoms with Gasteiger partial charge in [0.25, 0.3) is 0 Å². The maximum absolute atomic E-state index is 13.7. The van der Waals surface area contributed by atoms with E-state index in [1.807, 2.05) is 65.6 Å². The monoisotopic (exact) mass is 702 g/mol. The summed E-state index contributed by atoms with van der Waals surface area (Å²) in [6, 6.07) is -0.227. The third-order valence-corrected chi connectivity index (χ3v) is 11.3. The zero-order chi connectivity index (χ0) is 37.0. The highest BCUT2D eigenvalue weighted by Gasteiger charge is 2.52. The number of hydrogen-bond acceptors (Lipinski definition) is 13. The van der Waals surface area contributed by atoms with Crippen LogP contribution in [0.3, 0.4) is 0 Å². The van der Waals surface area contributed by atoms with Crippen LogP contribution < -0.4 is 0 Å². The van der Waals surface area contributed by atoms with E-state index in [4.69, 9.17) is 33.2 Å². The van der Waals surface area contributed by atoms with Gasteiger partial charge < -0.3 is 53.2 Å². The molecule has 0 aromatic heterocycles. The van der Waals surface area contributed by atoms with Gasteiger partial charge in [0.2, 0.25) is 0 Å². The second kappa shape index (κ2) is 17.5. The topological polar surface area (TPSA) is 146 Å². The van der Waals surface area contributed by atoms with E-state index in [0.29, 0.717) is 25.9 Å². The van der Waals surface area contributed by atoms with Crippen molar-refractivity contribution in [2.45, 2.75) is 141 Å². The summed E-state index contributed by atoms with van der Waals surface area (Å²) in [5, 5.41) is 22.4.